The second-order valence-electron chi connectivity index (χ2n) is 13.2. The molecular weight excluding hydrogens is 639 g/mol. The first-order valence-corrected chi connectivity index (χ1v) is 17.5. The molecule has 0 amide bonds. The molecule has 11 rings (SSSR count). The largest absolute Gasteiger partial charge is 0.456 e. The number of fused-ring (bicyclic) bond motifs is 9. The van der Waals surface area contributed by atoms with E-state index in [0.717, 1.165) is 105 Å². The van der Waals surface area contributed by atoms with Crippen molar-refractivity contribution in [2.45, 2.75) is 0 Å². The van der Waals surface area contributed by atoms with E-state index in [-0.39, 0.29) is 0 Å². The summed E-state index contributed by atoms with van der Waals surface area (Å²) in [6, 6.07) is 61.1. The highest BCUT2D eigenvalue weighted by Crippen LogP contribution is 2.46. The van der Waals surface area contributed by atoms with Crippen LogP contribution in [0, 0.1) is 0 Å². The van der Waals surface area contributed by atoms with Gasteiger partial charge in [-0.3, -0.25) is 0 Å². The molecule has 0 fully saturated rings. The van der Waals surface area contributed by atoms with Crippen molar-refractivity contribution in [2.24, 2.45) is 0 Å². The normalized spacial score (nSPS) is 11.8. The molecule has 0 spiro atoms. The van der Waals surface area contributed by atoms with Gasteiger partial charge >= 0.3 is 0 Å². The van der Waals surface area contributed by atoms with E-state index in [9.17, 15) is 0 Å². The lowest BCUT2D eigenvalue weighted by atomic mass is 9.96. The zero-order valence-electron chi connectivity index (χ0n) is 27.9. The van der Waals surface area contributed by atoms with E-state index in [1.54, 1.807) is 0 Å². The number of para-hydroxylation sites is 6. The molecule has 0 unspecified atom stereocenters. The minimum absolute atomic E-state index is 0.830. The summed E-state index contributed by atoms with van der Waals surface area (Å²) >= 11 is 0. The molecule has 0 N–H and O–H groups in total. The first kappa shape index (κ1) is 28.8. The SMILES string of the molecule is c1ccc(N(c2ccccc2)c2cccc3c2oc2c(-c4cccc5c4oc4cccc(-c6ccc7oc8ccccc8c7c6)c45)cccc23)cc1. The molecule has 0 saturated heterocycles. The van der Waals surface area contributed by atoms with Crippen LogP contribution in [-0.4, -0.2) is 0 Å². The quantitative estimate of drug-likeness (QED) is 0.183. The highest BCUT2D eigenvalue weighted by molar-refractivity contribution is 6.19. The van der Waals surface area contributed by atoms with Crippen LogP contribution < -0.4 is 4.90 Å². The Kier molecular flexibility index (Phi) is 6.22. The Bertz CT molecular complexity index is 3090. The van der Waals surface area contributed by atoms with E-state index in [0.29, 0.717) is 0 Å². The van der Waals surface area contributed by atoms with Gasteiger partial charge in [-0.2, -0.15) is 0 Å². The Morgan fingerprint density at radius 1 is 0.327 bits per heavy atom. The maximum absolute atomic E-state index is 6.99. The summed E-state index contributed by atoms with van der Waals surface area (Å²) in [6.45, 7) is 0. The van der Waals surface area contributed by atoms with Crippen molar-refractivity contribution in [1.29, 1.82) is 0 Å². The van der Waals surface area contributed by atoms with Crippen LogP contribution in [0.4, 0.5) is 17.1 Å². The third kappa shape index (κ3) is 4.28. The highest BCUT2D eigenvalue weighted by Gasteiger charge is 2.22. The first-order valence-electron chi connectivity index (χ1n) is 17.5. The van der Waals surface area contributed by atoms with E-state index >= 15 is 0 Å². The molecule has 244 valence electrons. The van der Waals surface area contributed by atoms with E-state index in [1.807, 2.05) is 24.3 Å². The maximum Gasteiger partial charge on any atom is 0.159 e. The summed E-state index contributed by atoms with van der Waals surface area (Å²) < 4.78 is 19.9. The summed E-state index contributed by atoms with van der Waals surface area (Å²) in [5.41, 5.74) is 12.4. The van der Waals surface area contributed by atoms with Gasteiger partial charge in [0.05, 0.1) is 5.69 Å². The molecule has 3 aromatic heterocycles. The maximum atomic E-state index is 6.99. The second kappa shape index (κ2) is 11.2. The van der Waals surface area contributed by atoms with Gasteiger partial charge in [0.15, 0.2) is 5.58 Å². The van der Waals surface area contributed by atoms with Crippen LogP contribution in [0.3, 0.4) is 0 Å². The minimum Gasteiger partial charge on any atom is -0.456 e. The molecule has 0 aliphatic rings. The fourth-order valence-electron chi connectivity index (χ4n) is 7.97. The summed E-state index contributed by atoms with van der Waals surface area (Å²) in [5, 5.41) is 6.49. The third-order valence-corrected chi connectivity index (χ3v) is 10.3. The van der Waals surface area contributed by atoms with Crippen LogP contribution in [0.1, 0.15) is 0 Å². The monoisotopic (exact) mass is 667 g/mol. The van der Waals surface area contributed by atoms with Gasteiger partial charge < -0.3 is 18.2 Å². The Balaban J connectivity index is 1.11. The number of furan rings is 3. The second-order valence-corrected chi connectivity index (χ2v) is 13.2. The average molecular weight is 668 g/mol. The molecule has 4 nitrogen and oxygen atoms in total. The first-order chi connectivity index (χ1) is 25.8. The van der Waals surface area contributed by atoms with Gasteiger partial charge in [-0.05, 0) is 65.7 Å². The Hall–Kier alpha value is -7.04. The zero-order chi connectivity index (χ0) is 34.2. The zero-order valence-corrected chi connectivity index (χ0v) is 27.9. The van der Waals surface area contributed by atoms with Crippen molar-refractivity contribution in [3.05, 3.63) is 176 Å². The number of anilines is 3. The molecule has 0 saturated carbocycles. The van der Waals surface area contributed by atoms with Crippen LogP contribution in [0.15, 0.2) is 189 Å². The predicted octanol–water partition coefficient (Wildman–Crippen LogP) is 14.2. The van der Waals surface area contributed by atoms with Gasteiger partial charge in [-0.25, -0.2) is 0 Å². The van der Waals surface area contributed by atoms with Crippen molar-refractivity contribution >= 4 is 82.9 Å². The van der Waals surface area contributed by atoms with Gasteiger partial charge in [0.1, 0.15) is 27.9 Å². The fraction of sp³-hybridized carbons (Fsp3) is 0. The van der Waals surface area contributed by atoms with Gasteiger partial charge in [-0.1, -0.05) is 121 Å². The molecular formula is C48H29NO3. The number of nitrogens with zero attached hydrogens (tertiary/aromatic N) is 1. The van der Waals surface area contributed by atoms with Gasteiger partial charge in [0.25, 0.3) is 0 Å². The van der Waals surface area contributed by atoms with Gasteiger partial charge in [0.2, 0.25) is 0 Å². The molecule has 8 aromatic carbocycles. The Morgan fingerprint density at radius 2 is 0.885 bits per heavy atom. The van der Waals surface area contributed by atoms with Crippen LogP contribution in [0.2, 0.25) is 0 Å². The lowest BCUT2D eigenvalue weighted by molar-refractivity contribution is 0.665. The molecule has 0 aliphatic heterocycles. The van der Waals surface area contributed by atoms with Crippen molar-refractivity contribution in [3.63, 3.8) is 0 Å². The topological polar surface area (TPSA) is 42.7 Å². The molecule has 0 radical (unpaired) electrons. The van der Waals surface area contributed by atoms with Gasteiger partial charge in [0, 0.05) is 54.8 Å². The summed E-state index contributed by atoms with van der Waals surface area (Å²) in [4.78, 5) is 2.26. The summed E-state index contributed by atoms with van der Waals surface area (Å²) in [5.74, 6) is 0. The van der Waals surface area contributed by atoms with Crippen LogP contribution >= 0.6 is 0 Å². The van der Waals surface area contributed by atoms with E-state index in [4.69, 9.17) is 13.3 Å². The van der Waals surface area contributed by atoms with E-state index in [1.165, 1.54) is 0 Å². The van der Waals surface area contributed by atoms with E-state index < -0.39 is 0 Å². The lowest BCUT2D eigenvalue weighted by Gasteiger charge is -2.25. The smallest absolute Gasteiger partial charge is 0.159 e. The molecule has 0 bridgehead atoms. The van der Waals surface area contributed by atoms with Crippen LogP contribution in [0.5, 0.6) is 0 Å². The molecule has 3 heterocycles. The Morgan fingerprint density at radius 3 is 1.65 bits per heavy atom. The number of hydrogen-bond donors (Lipinski definition) is 0. The summed E-state index contributed by atoms with van der Waals surface area (Å²) in [7, 11) is 0. The fourth-order valence-corrected chi connectivity index (χ4v) is 7.97. The predicted molar refractivity (Wildman–Crippen MR) is 214 cm³/mol. The van der Waals surface area contributed by atoms with E-state index in [2.05, 4.69) is 157 Å². The average Bonchev–Trinajstić information content (AvgIpc) is 3.90. The van der Waals surface area contributed by atoms with Crippen molar-refractivity contribution < 1.29 is 13.3 Å². The third-order valence-electron chi connectivity index (χ3n) is 10.3. The van der Waals surface area contributed by atoms with Crippen molar-refractivity contribution in [3.8, 4) is 22.3 Å². The van der Waals surface area contributed by atoms with Crippen LogP contribution in [-0.2, 0) is 0 Å². The highest BCUT2D eigenvalue weighted by atomic mass is 16.3. The molecule has 4 heteroatoms. The number of benzene rings is 8. The minimum atomic E-state index is 0.830. The summed E-state index contributed by atoms with van der Waals surface area (Å²) in [6.07, 6.45) is 0. The standard InChI is InChI=1S/C48H29NO3/c1-3-13-31(14-4-1)49(32-15-5-2-6-16-32)41-24-11-22-38-37-20-9-19-35(46(37)52-48(38)41)36-21-10-23-39-45-33(18-12-26-44(45)51-47(36)39)30-27-28-43-40(29-30)34-17-7-8-25-42(34)50-43/h1-29H. The lowest BCUT2D eigenvalue weighted by Crippen LogP contribution is -2.09. The van der Waals surface area contributed by atoms with Gasteiger partial charge in [-0.15, -0.1) is 0 Å². The van der Waals surface area contributed by atoms with Crippen LogP contribution in [0.25, 0.3) is 88.1 Å². The Labute approximate surface area is 298 Å². The molecule has 0 atom stereocenters. The number of hydrogen-bond acceptors (Lipinski definition) is 4. The van der Waals surface area contributed by atoms with Crippen molar-refractivity contribution in [2.75, 3.05) is 4.90 Å². The molecule has 11 aromatic rings. The molecule has 0 aliphatic carbocycles. The molecule has 52 heavy (non-hydrogen) atoms. The van der Waals surface area contributed by atoms with Crippen molar-refractivity contribution in [1.82, 2.24) is 0 Å². The number of rotatable bonds is 5.